The molecule has 4 amide bonds. The summed E-state index contributed by atoms with van der Waals surface area (Å²) in [7, 11) is 2.35. The number of rotatable bonds is 6. The van der Waals surface area contributed by atoms with Gasteiger partial charge in [0.25, 0.3) is 5.91 Å². The van der Waals surface area contributed by atoms with Crippen molar-refractivity contribution < 1.29 is 23.6 Å². The van der Waals surface area contributed by atoms with Crippen molar-refractivity contribution in [3.05, 3.63) is 63.7 Å². The Bertz CT molecular complexity index is 1440. The zero-order chi connectivity index (χ0) is 33.1. The molecule has 10 nitrogen and oxygen atoms in total. The maximum absolute atomic E-state index is 14.1. The fourth-order valence-corrected chi connectivity index (χ4v) is 8.13. The number of nitrogens with zero attached hydrogens (tertiary/aromatic N) is 4. The molecule has 2 N–H and O–H groups in total. The topological polar surface area (TPSA) is 94.2 Å². The molecule has 0 radical (unpaired) electrons. The van der Waals surface area contributed by atoms with Crippen LogP contribution in [0, 0.1) is 13.8 Å². The van der Waals surface area contributed by atoms with Gasteiger partial charge in [-0.05, 0) is 61.4 Å². The smallest absolute Gasteiger partial charge is 0.410 e. The Morgan fingerprint density at radius 2 is 1.60 bits per heavy atom. The van der Waals surface area contributed by atoms with E-state index in [2.05, 4.69) is 23.7 Å². The zero-order valence-corrected chi connectivity index (χ0v) is 28.9. The number of fused-ring (bicyclic) bond motifs is 1. The molecule has 1 atom stereocenters. The lowest BCUT2D eigenvalue weighted by molar-refractivity contribution is -0.936. The first kappa shape index (κ1) is 33.6. The van der Waals surface area contributed by atoms with E-state index in [1.165, 1.54) is 0 Å². The molecular formula is C36H50ClN6O4+. The number of hydrogen-bond acceptors (Lipinski definition) is 5. The zero-order valence-electron chi connectivity index (χ0n) is 28.1. The van der Waals surface area contributed by atoms with Gasteiger partial charge in [0.05, 0.1) is 26.2 Å². The summed E-state index contributed by atoms with van der Waals surface area (Å²) in [5.74, 6) is -0.124. The standard InChI is InChI=1S/C36H49ClN6O4/c1-25-22-27(23-26(2)33(25)37)24-32(34(44)40-17-11-30(12-18-40)43(3)20-13-38-14-21-43)47-36(46)41-15-9-29(10-16-41)42-19-8-28-6-4-5-7-31(28)39-35(42)45/h4-7,22-23,29-30,32,38H,8-21,24H2,1-3H3/p+1/t32-/m1/s1. The van der Waals surface area contributed by atoms with Crippen LogP contribution >= 0.6 is 11.6 Å². The number of benzene rings is 2. The van der Waals surface area contributed by atoms with E-state index in [1.807, 2.05) is 54.0 Å². The number of likely N-dealkylation sites (N-methyl/N-ethyl adjacent to an activating group) is 1. The highest BCUT2D eigenvalue weighted by atomic mass is 35.5. The number of ether oxygens (including phenoxy) is 1. The molecule has 4 heterocycles. The van der Waals surface area contributed by atoms with E-state index >= 15 is 0 Å². The minimum absolute atomic E-state index is 0.0345. The molecule has 3 saturated heterocycles. The number of carbonyl (C=O) groups is 3. The number of piperidine rings is 2. The molecular weight excluding hydrogens is 616 g/mol. The molecule has 4 aliphatic rings. The summed E-state index contributed by atoms with van der Waals surface area (Å²) >= 11 is 6.45. The summed E-state index contributed by atoms with van der Waals surface area (Å²) in [6.45, 7) is 11.1. The van der Waals surface area contributed by atoms with Crippen molar-refractivity contribution in [2.45, 2.75) is 70.6 Å². The van der Waals surface area contributed by atoms with Gasteiger partial charge in [-0.25, -0.2) is 9.59 Å². The molecule has 0 aliphatic carbocycles. The molecule has 0 saturated carbocycles. The summed E-state index contributed by atoms with van der Waals surface area (Å²) in [5.41, 5.74) is 4.81. The van der Waals surface area contributed by atoms with Gasteiger partial charge in [-0.2, -0.15) is 0 Å². The van der Waals surface area contributed by atoms with Gasteiger partial charge in [0.15, 0.2) is 6.10 Å². The third-order valence-electron chi connectivity index (χ3n) is 11.0. The van der Waals surface area contributed by atoms with Crippen LogP contribution in [0.25, 0.3) is 0 Å². The van der Waals surface area contributed by atoms with Gasteiger partial charge in [-0.1, -0.05) is 41.9 Å². The number of nitrogens with one attached hydrogen (secondary N) is 2. The van der Waals surface area contributed by atoms with Crippen LogP contribution in [0.5, 0.6) is 0 Å². The molecule has 0 unspecified atom stereocenters. The van der Waals surface area contributed by atoms with Crippen LogP contribution in [0.15, 0.2) is 36.4 Å². The third-order valence-corrected chi connectivity index (χ3v) is 11.6. The van der Waals surface area contributed by atoms with Crippen LogP contribution in [0.3, 0.4) is 0 Å². The van der Waals surface area contributed by atoms with Crippen LogP contribution in [-0.2, 0) is 22.4 Å². The SMILES string of the molecule is Cc1cc(C[C@@H](OC(=O)N2CCC(N3CCc4ccccc4NC3=O)CC2)C(=O)N2CCC([N+]3(C)CCNCC3)CC2)cc(C)c1Cl. The predicted molar refractivity (Wildman–Crippen MR) is 184 cm³/mol. The molecule has 2 aromatic rings. The molecule has 3 fully saturated rings. The van der Waals surface area contributed by atoms with Gasteiger partial charge >= 0.3 is 12.1 Å². The maximum atomic E-state index is 14.1. The molecule has 254 valence electrons. The Labute approximate surface area is 283 Å². The first-order valence-electron chi connectivity index (χ1n) is 17.3. The van der Waals surface area contributed by atoms with Crippen LogP contribution in [0.4, 0.5) is 15.3 Å². The number of hydrogen-bond donors (Lipinski definition) is 2. The second kappa shape index (κ2) is 14.4. The Balaban J connectivity index is 1.09. The lowest BCUT2D eigenvalue weighted by Gasteiger charge is -2.47. The third kappa shape index (κ3) is 7.55. The number of piperazine rings is 1. The highest BCUT2D eigenvalue weighted by molar-refractivity contribution is 6.32. The second-order valence-electron chi connectivity index (χ2n) is 14.1. The van der Waals surface area contributed by atoms with Gasteiger partial charge in [-0.3, -0.25) is 4.79 Å². The lowest BCUT2D eigenvalue weighted by Crippen LogP contribution is -2.63. The summed E-state index contributed by atoms with van der Waals surface area (Å²) in [5, 5.41) is 7.24. The molecule has 4 aliphatic heterocycles. The van der Waals surface area contributed by atoms with Crippen molar-refractivity contribution in [2.75, 3.05) is 71.3 Å². The number of anilines is 1. The largest absolute Gasteiger partial charge is 0.436 e. The highest BCUT2D eigenvalue weighted by Crippen LogP contribution is 2.28. The van der Waals surface area contributed by atoms with E-state index in [9.17, 15) is 14.4 Å². The lowest BCUT2D eigenvalue weighted by atomic mass is 9.98. The number of carbonyl (C=O) groups excluding carboxylic acids is 3. The summed E-state index contributed by atoms with van der Waals surface area (Å²) in [6, 6.07) is 12.4. The first-order chi connectivity index (χ1) is 22.6. The molecule has 0 bridgehead atoms. The van der Waals surface area contributed by atoms with Crippen molar-refractivity contribution in [1.82, 2.24) is 20.0 Å². The van der Waals surface area contributed by atoms with Crippen LogP contribution in [0.2, 0.25) is 5.02 Å². The van der Waals surface area contributed by atoms with Gasteiger partial charge in [0.2, 0.25) is 0 Å². The van der Waals surface area contributed by atoms with E-state index in [0.717, 1.165) is 77.9 Å². The molecule has 2 aromatic carbocycles. The quantitative estimate of drug-likeness (QED) is 0.440. The summed E-state index contributed by atoms with van der Waals surface area (Å²) < 4.78 is 7.16. The van der Waals surface area contributed by atoms with Gasteiger partial charge in [0.1, 0.15) is 0 Å². The fraction of sp³-hybridized carbons (Fsp3) is 0.583. The van der Waals surface area contributed by atoms with E-state index in [4.69, 9.17) is 16.3 Å². The Hall–Kier alpha value is -3.34. The number of halogens is 1. The predicted octanol–water partition coefficient (Wildman–Crippen LogP) is 4.60. The van der Waals surface area contributed by atoms with Crippen molar-refractivity contribution in [3.63, 3.8) is 0 Å². The summed E-state index contributed by atoms with van der Waals surface area (Å²) in [6.07, 6.45) is 2.92. The van der Waals surface area contributed by atoms with E-state index in [1.54, 1.807) is 4.90 Å². The number of amides is 4. The number of quaternary nitrogens is 1. The Kier molecular flexibility index (Phi) is 10.3. The highest BCUT2D eigenvalue weighted by Gasteiger charge is 2.40. The monoisotopic (exact) mass is 665 g/mol. The first-order valence-corrected chi connectivity index (χ1v) is 17.7. The van der Waals surface area contributed by atoms with Gasteiger partial charge < -0.3 is 34.6 Å². The number of likely N-dealkylation sites (tertiary alicyclic amines) is 2. The van der Waals surface area contributed by atoms with Crippen molar-refractivity contribution in [3.8, 4) is 0 Å². The fourth-order valence-electron chi connectivity index (χ4n) is 8.03. The summed E-state index contributed by atoms with van der Waals surface area (Å²) in [4.78, 5) is 46.3. The Morgan fingerprint density at radius 3 is 2.28 bits per heavy atom. The average molecular weight is 666 g/mol. The van der Waals surface area contributed by atoms with Crippen LogP contribution in [0.1, 0.15) is 47.9 Å². The maximum Gasteiger partial charge on any atom is 0.410 e. The van der Waals surface area contributed by atoms with E-state index in [0.29, 0.717) is 63.1 Å². The molecule has 47 heavy (non-hydrogen) atoms. The normalized spacial score (nSPS) is 21.4. The molecule has 0 spiro atoms. The average Bonchev–Trinajstić information content (AvgIpc) is 3.25. The minimum atomic E-state index is -0.921. The van der Waals surface area contributed by atoms with Crippen molar-refractivity contribution in [2.24, 2.45) is 0 Å². The van der Waals surface area contributed by atoms with E-state index < -0.39 is 12.2 Å². The second-order valence-corrected chi connectivity index (χ2v) is 14.5. The van der Waals surface area contributed by atoms with Crippen molar-refractivity contribution >= 4 is 35.3 Å². The molecule has 11 heteroatoms. The molecule has 0 aromatic heterocycles. The number of aryl methyl sites for hydroxylation is 2. The Morgan fingerprint density at radius 1 is 0.957 bits per heavy atom. The number of para-hydroxylation sites is 1. The molecule has 6 rings (SSSR count). The number of urea groups is 1. The van der Waals surface area contributed by atoms with Crippen molar-refractivity contribution in [1.29, 1.82) is 0 Å². The van der Waals surface area contributed by atoms with Crippen LogP contribution in [-0.4, -0.2) is 121 Å². The van der Waals surface area contributed by atoms with Gasteiger partial charge in [0, 0.05) is 81.8 Å². The van der Waals surface area contributed by atoms with Gasteiger partial charge in [-0.15, -0.1) is 0 Å². The minimum Gasteiger partial charge on any atom is -0.436 e. The van der Waals surface area contributed by atoms with Crippen LogP contribution < -0.4 is 10.6 Å². The van der Waals surface area contributed by atoms with E-state index in [-0.39, 0.29) is 18.0 Å².